The summed E-state index contributed by atoms with van der Waals surface area (Å²) in [5.41, 5.74) is 3.92. The lowest BCUT2D eigenvalue weighted by molar-refractivity contribution is 0.223. The van der Waals surface area contributed by atoms with Crippen LogP contribution >= 0.6 is 0 Å². The van der Waals surface area contributed by atoms with Crippen molar-refractivity contribution in [2.24, 2.45) is 0 Å². The van der Waals surface area contributed by atoms with E-state index in [0.717, 1.165) is 41.9 Å². The molecule has 1 fully saturated rings. The van der Waals surface area contributed by atoms with Crippen molar-refractivity contribution in [1.82, 2.24) is 15.2 Å². The van der Waals surface area contributed by atoms with Gasteiger partial charge in [0, 0.05) is 42.7 Å². The van der Waals surface area contributed by atoms with Gasteiger partial charge in [-0.25, -0.2) is 8.78 Å². The summed E-state index contributed by atoms with van der Waals surface area (Å²) in [7, 11) is 0. The van der Waals surface area contributed by atoms with Crippen LogP contribution in [0.1, 0.15) is 48.5 Å². The highest BCUT2D eigenvalue weighted by Crippen LogP contribution is 2.30. The summed E-state index contributed by atoms with van der Waals surface area (Å²) in [6, 6.07) is 13.9. The molecule has 2 unspecified atom stereocenters. The highest BCUT2D eigenvalue weighted by Gasteiger charge is 2.30. The van der Waals surface area contributed by atoms with Gasteiger partial charge in [0.1, 0.15) is 0 Å². The zero-order valence-corrected chi connectivity index (χ0v) is 19.0. The normalized spacial score (nSPS) is 16.5. The number of allylic oxidation sites excluding steroid dienone is 1. The minimum Gasteiger partial charge on any atom is -0.375 e. The van der Waals surface area contributed by atoms with Crippen LogP contribution in [0.5, 0.6) is 0 Å². The highest BCUT2D eigenvalue weighted by atomic mass is 19.3. The number of nitrogens with one attached hydrogen (secondary N) is 3. The van der Waals surface area contributed by atoms with Crippen molar-refractivity contribution in [3.8, 4) is 0 Å². The summed E-state index contributed by atoms with van der Waals surface area (Å²) in [5.74, 6) is 0. The predicted molar refractivity (Wildman–Crippen MR) is 129 cm³/mol. The quantitative estimate of drug-likeness (QED) is 0.387. The maximum absolute atomic E-state index is 12.6. The van der Waals surface area contributed by atoms with Crippen molar-refractivity contribution in [3.63, 3.8) is 0 Å². The third kappa shape index (κ3) is 6.34. The van der Waals surface area contributed by atoms with Crippen LogP contribution in [0.15, 0.2) is 73.2 Å². The molecule has 2 heterocycles. The molecule has 1 aliphatic rings. The second-order valence-corrected chi connectivity index (χ2v) is 8.47. The number of pyridine rings is 1. The fourth-order valence-electron chi connectivity index (χ4n) is 4.13. The molecule has 5 nitrogen and oxygen atoms in total. The summed E-state index contributed by atoms with van der Waals surface area (Å²) in [6.07, 6.45) is 0.691. The van der Waals surface area contributed by atoms with E-state index in [1.807, 2.05) is 43.5 Å². The van der Waals surface area contributed by atoms with E-state index in [4.69, 9.17) is 10.8 Å². The number of hydrogen-bond donors (Lipinski definition) is 3. The van der Waals surface area contributed by atoms with Crippen LogP contribution in [0.2, 0.25) is 0 Å². The molecule has 2 atom stereocenters. The third-order valence-electron chi connectivity index (χ3n) is 5.84. The number of benzene rings is 1. The second-order valence-electron chi connectivity index (χ2n) is 8.47. The van der Waals surface area contributed by atoms with Gasteiger partial charge in [0.25, 0.3) is 6.43 Å². The summed E-state index contributed by atoms with van der Waals surface area (Å²) in [5, 5.41) is 18.9. The molecule has 0 radical (unpaired) electrons. The van der Waals surface area contributed by atoms with Gasteiger partial charge < -0.3 is 21.0 Å². The molecule has 1 aromatic carbocycles. The first-order valence-corrected chi connectivity index (χ1v) is 11.0. The Labute approximate surface area is 194 Å². The first-order chi connectivity index (χ1) is 15.8. The van der Waals surface area contributed by atoms with Crippen LogP contribution in [0, 0.1) is 17.7 Å². The van der Waals surface area contributed by atoms with Crippen molar-refractivity contribution in [2.45, 2.75) is 51.1 Å². The Morgan fingerprint density at radius 2 is 1.88 bits per heavy atom. The minimum atomic E-state index is -2.83. The molecule has 2 aromatic rings. The lowest BCUT2D eigenvalue weighted by Gasteiger charge is -2.32. The number of aromatic nitrogens is 1. The van der Waals surface area contributed by atoms with E-state index < -0.39 is 12.1 Å². The van der Waals surface area contributed by atoms with Crippen molar-refractivity contribution >= 4 is 11.4 Å². The molecule has 0 amide bonds. The number of halogens is 2. The van der Waals surface area contributed by atoms with E-state index in [9.17, 15) is 8.78 Å². The zero-order valence-electron chi connectivity index (χ0n) is 19.0. The fraction of sp³-hybridized carbons (Fsp3) is 0.346. The smallest absolute Gasteiger partial charge is 0.276 e. The molecule has 1 aromatic heterocycles. The Kier molecular flexibility index (Phi) is 8.09. The maximum atomic E-state index is 12.6. The molecule has 174 valence electrons. The summed E-state index contributed by atoms with van der Waals surface area (Å²) >= 11 is 0. The second kappa shape index (κ2) is 11.0. The lowest BCUT2D eigenvalue weighted by Crippen LogP contribution is -2.37. The Hall–Kier alpha value is -3.35. The summed E-state index contributed by atoms with van der Waals surface area (Å²) in [4.78, 5) is 6.72. The first kappa shape index (κ1) is 24.3. The van der Waals surface area contributed by atoms with Gasteiger partial charge in [0.05, 0.1) is 23.5 Å². The molecule has 1 aliphatic heterocycles. The fourth-order valence-corrected chi connectivity index (χ4v) is 4.13. The van der Waals surface area contributed by atoms with Crippen molar-refractivity contribution in [2.75, 3.05) is 6.54 Å². The van der Waals surface area contributed by atoms with Gasteiger partial charge >= 0.3 is 0 Å². The predicted octanol–water partition coefficient (Wildman–Crippen LogP) is 5.65. The lowest BCUT2D eigenvalue weighted by atomic mass is 10.0. The molecule has 0 spiro atoms. The van der Waals surface area contributed by atoms with Gasteiger partial charge in [-0.1, -0.05) is 49.6 Å². The number of hydrogen-bond acceptors (Lipinski definition) is 5. The molecule has 3 N–H and O–H groups in total. The van der Waals surface area contributed by atoms with Gasteiger partial charge in [-0.3, -0.25) is 4.98 Å². The number of nitrogens with zero attached hydrogens (tertiary/aromatic N) is 2. The Bertz CT molecular complexity index is 1000. The molecule has 0 bridgehead atoms. The Morgan fingerprint density at radius 1 is 1.15 bits per heavy atom. The molecule has 1 saturated heterocycles. The number of likely N-dealkylation sites (tertiary alicyclic amines) is 1. The van der Waals surface area contributed by atoms with Gasteiger partial charge in [0.2, 0.25) is 0 Å². The summed E-state index contributed by atoms with van der Waals surface area (Å²) < 4.78 is 25.3. The molecular weight excluding hydrogens is 420 g/mol. The average molecular weight is 452 g/mol. The van der Waals surface area contributed by atoms with Crippen molar-refractivity contribution in [1.29, 1.82) is 10.8 Å². The molecule has 3 rings (SSSR count). The van der Waals surface area contributed by atoms with Crippen molar-refractivity contribution < 1.29 is 8.78 Å². The number of aryl methyl sites for hydroxylation is 1. The van der Waals surface area contributed by atoms with E-state index in [1.165, 1.54) is 0 Å². The van der Waals surface area contributed by atoms with Crippen molar-refractivity contribution in [3.05, 3.63) is 90.0 Å². The van der Waals surface area contributed by atoms with Gasteiger partial charge in [-0.05, 0) is 37.0 Å². The molecular formula is C26H31F2N5. The van der Waals surface area contributed by atoms with Gasteiger partial charge in [-0.15, -0.1) is 0 Å². The largest absolute Gasteiger partial charge is 0.375 e. The Balaban J connectivity index is 1.72. The van der Waals surface area contributed by atoms with E-state index >= 15 is 0 Å². The third-order valence-corrected chi connectivity index (χ3v) is 5.84. The molecule has 0 aliphatic carbocycles. The zero-order chi connectivity index (χ0) is 24.0. The van der Waals surface area contributed by atoms with Gasteiger partial charge in [-0.2, -0.15) is 0 Å². The average Bonchev–Trinajstić information content (AvgIpc) is 3.29. The van der Waals surface area contributed by atoms with Crippen LogP contribution in [-0.4, -0.2) is 40.3 Å². The van der Waals surface area contributed by atoms with E-state index in [-0.39, 0.29) is 30.6 Å². The van der Waals surface area contributed by atoms with Gasteiger partial charge in [0.15, 0.2) is 0 Å². The summed E-state index contributed by atoms with van der Waals surface area (Å²) in [6.45, 7) is 11.2. The molecule has 33 heavy (non-hydrogen) atoms. The molecule has 7 heteroatoms. The standard InChI is InChI=1S/C26H31F2N5/c1-17-11-12-23(31-16-17)25(20-8-5-4-6-9-20)32-19(3)24-10-7-13-33(24)18(2)14-21(29)15-22(30)26(27)28/h4-6,8-9,11-12,16,24-26,29-30,32H,2-3,7,10,13-15H2,1H3. The first-order valence-electron chi connectivity index (χ1n) is 11.0. The topological polar surface area (TPSA) is 75.9 Å². The molecule has 0 saturated carbocycles. The number of alkyl halides is 2. The van der Waals surface area contributed by atoms with E-state index in [0.29, 0.717) is 5.70 Å². The maximum Gasteiger partial charge on any atom is 0.276 e. The van der Waals surface area contributed by atoms with Crippen LogP contribution in [0.3, 0.4) is 0 Å². The highest BCUT2D eigenvalue weighted by molar-refractivity contribution is 6.03. The minimum absolute atomic E-state index is 0.0171. The van der Waals surface area contributed by atoms with Crippen LogP contribution < -0.4 is 5.32 Å². The van der Waals surface area contributed by atoms with Crippen LogP contribution in [0.4, 0.5) is 8.78 Å². The monoisotopic (exact) mass is 451 g/mol. The van der Waals surface area contributed by atoms with E-state index in [2.05, 4.69) is 40.5 Å². The van der Waals surface area contributed by atoms with Crippen LogP contribution in [-0.2, 0) is 0 Å². The van der Waals surface area contributed by atoms with E-state index in [1.54, 1.807) is 0 Å². The Morgan fingerprint density at radius 3 is 2.52 bits per heavy atom. The SMILES string of the molecule is C=C(NC(c1ccccc1)c1ccc(C)cn1)C1CCCN1C(=C)CC(=N)CC(=N)C(F)F. The van der Waals surface area contributed by atoms with Crippen LogP contribution in [0.25, 0.3) is 0 Å². The number of rotatable bonds is 11.